The molecule has 2 aromatic heterocycles. The molecule has 4 aromatic rings. The number of hydrogen-bond donors (Lipinski definition) is 1. The number of nitrogens with zero attached hydrogens (tertiary/aromatic N) is 6. The van der Waals surface area contributed by atoms with Crippen LogP contribution < -0.4 is 11.0 Å². The minimum atomic E-state index is -4.61. The summed E-state index contributed by atoms with van der Waals surface area (Å²) in [5.41, 5.74) is 0.475. The topological polar surface area (TPSA) is 97.6 Å². The Kier molecular flexibility index (Phi) is 7.48. The number of imidazole rings is 1. The van der Waals surface area contributed by atoms with Crippen LogP contribution in [0, 0.1) is 23.7 Å². The van der Waals surface area contributed by atoms with Gasteiger partial charge in [0.2, 0.25) is 0 Å². The van der Waals surface area contributed by atoms with E-state index < -0.39 is 23.5 Å². The summed E-state index contributed by atoms with van der Waals surface area (Å²) in [4.78, 5) is 28.1. The largest absolute Gasteiger partial charge is 0.416 e. The monoisotopic (exact) mass is 618 g/mol. The number of alkyl halides is 3. The molecule has 0 bridgehead atoms. The van der Waals surface area contributed by atoms with E-state index in [0.29, 0.717) is 16.9 Å². The minimum absolute atomic E-state index is 0.00820. The molecule has 2 aromatic carbocycles. The van der Waals surface area contributed by atoms with Crippen LogP contribution in [-0.4, -0.2) is 62.7 Å². The molecule has 1 saturated heterocycles. The van der Waals surface area contributed by atoms with Gasteiger partial charge in [0.25, 0.3) is 0 Å². The highest BCUT2D eigenvalue weighted by Crippen LogP contribution is 2.45. The van der Waals surface area contributed by atoms with E-state index in [9.17, 15) is 28.0 Å². The molecule has 0 radical (unpaired) electrons. The number of carbonyl (C=O) groups is 1. The van der Waals surface area contributed by atoms with Gasteiger partial charge in [0.15, 0.2) is 0 Å². The van der Waals surface area contributed by atoms with Crippen molar-refractivity contribution < 1.29 is 22.4 Å². The number of carbonyl (C=O) groups excluding carboxylic acids is 1. The zero-order chi connectivity index (χ0) is 32.1. The lowest BCUT2D eigenvalue weighted by atomic mass is 9.72. The van der Waals surface area contributed by atoms with Gasteiger partial charge in [0, 0.05) is 17.9 Å². The highest BCUT2D eigenvalue weighted by molar-refractivity contribution is 5.83. The molecule has 45 heavy (non-hydrogen) atoms. The molecule has 9 nitrogen and oxygen atoms in total. The smallest absolute Gasteiger partial charge is 0.335 e. The number of benzene rings is 2. The number of halogens is 3. The minimum Gasteiger partial charge on any atom is -0.335 e. The van der Waals surface area contributed by atoms with Crippen LogP contribution in [0.5, 0.6) is 0 Å². The lowest BCUT2D eigenvalue weighted by Gasteiger charge is -2.37. The van der Waals surface area contributed by atoms with Crippen LogP contribution in [0.2, 0.25) is 0 Å². The van der Waals surface area contributed by atoms with E-state index in [4.69, 9.17) is 0 Å². The van der Waals surface area contributed by atoms with E-state index in [1.165, 1.54) is 23.0 Å². The Morgan fingerprint density at radius 3 is 2.40 bits per heavy atom. The average molecular weight is 619 g/mol. The third-order valence-corrected chi connectivity index (χ3v) is 9.43. The quantitative estimate of drug-likeness (QED) is 0.299. The number of nitrogens with one attached hydrogen (secondary N) is 1. The maximum atomic E-state index is 14.1. The van der Waals surface area contributed by atoms with Crippen molar-refractivity contribution in [2.75, 3.05) is 27.2 Å². The summed E-state index contributed by atoms with van der Waals surface area (Å²) in [6.45, 7) is 3.84. The summed E-state index contributed by atoms with van der Waals surface area (Å²) in [5, 5.41) is 16.7. The summed E-state index contributed by atoms with van der Waals surface area (Å²) in [6.07, 6.45) is 1.59. The zero-order valence-corrected chi connectivity index (χ0v) is 25.4. The summed E-state index contributed by atoms with van der Waals surface area (Å²) < 4.78 is 45.6. The van der Waals surface area contributed by atoms with Crippen molar-refractivity contribution in [1.82, 2.24) is 24.2 Å². The molecule has 1 aliphatic carbocycles. The van der Waals surface area contributed by atoms with E-state index in [-0.39, 0.29) is 28.5 Å². The fourth-order valence-electron chi connectivity index (χ4n) is 7.21. The van der Waals surface area contributed by atoms with Gasteiger partial charge in [-0.1, -0.05) is 6.07 Å². The van der Waals surface area contributed by atoms with Crippen molar-refractivity contribution in [3.05, 3.63) is 88.1 Å². The second-order valence-corrected chi connectivity index (χ2v) is 13.0. The van der Waals surface area contributed by atoms with Gasteiger partial charge in [-0.15, -0.1) is 0 Å². The van der Waals surface area contributed by atoms with Crippen LogP contribution in [-0.2, 0) is 6.18 Å². The molecule has 1 N–H and O–H groups in total. The van der Waals surface area contributed by atoms with Gasteiger partial charge in [-0.25, -0.2) is 18.8 Å². The van der Waals surface area contributed by atoms with E-state index in [2.05, 4.69) is 30.6 Å². The predicted molar refractivity (Wildman–Crippen MR) is 162 cm³/mol. The number of nitriles is 1. The molecule has 3 heterocycles. The normalized spacial score (nSPS) is 21.1. The zero-order valence-electron chi connectivity index (χ0n) is 25.4. The summed E-state index contributed by atoms with van der Waals surface area (Å²) >= 11 is 0. The van der Waals surface area contributed by atoms with Gasteiger partial charge in [-0.05, 0) is 81.1 Å². The van der Waals surface area contributed by atoms with Gasteiger partial charge in [0.1, 0.15) is 5.69 Å². The average Bonchev–Trinajstić information content (AvgIpc) is 3.67. The molecular formula is C33H35F3N7O2+. The standard InChI is InChI=1S/C33H34F3N7O2/c1-22-29(28-13-17-38-42(28)26-9-7-23(20-37)8-10-26)41(31(45)40(22)27-6-4-5-24(19-27)33(34,35)36)30(44)39-25-11-14-32(15-12-25)16-18-43(2,3)21-32/h4-10,13,17,19,25H,11-12,14-16,18,21H2,1-3H3/p+1. The van der Waals surface area contributed by atoms with Crippen molar-refractivity contribution in [3.63, 3.8) is 0 Å². The number of aromatic nitrogens is 4. The van der Waals surface area contributed by atoms with Gasteiger partial charge in [-0.2, -0.15) is 23.5 Å². The van der Waals surface area contributed by atoms with Crippen LogP contribution in [0.1, 0.15) is 48.9 Å². The lowest BCUT2D eigenvalue weighted by Crippen LogP contribution is -2.46. The fourth-order valence-corrected chi connectivity index (χ4v) is 7.21. The number of amides is 1. The Morgan fingerprint density at radius 2 is 1.78 bits per heavy atom. The number of quaternary nitrogens is 1. The first-order valence-electron chi connectivity index (χ1n) is 15.0. The first kappa shape index (κ1) is 30.4. The molecule has 6 rings (SSSR count). The first-order chi connectivity index (χ1) is 21.3. The molecular weight excluding hydrogens is 583 g/mol. The summed E-state index contributed by atoms with van der Waals surface area (Å²) in [5.74, 6) is 0. The van der Waals surface area contributed by atoms with Crippen molar-refractivity contribution in [2.45, 2.75) is 51.2 Å². The van der Waals surface area contributed by atoms with E-state index in [1.807, 2.05) is 0 Å². The highest BCUT2D eigenvalue weighted by atomic mass is 19.4. The predicted octanol–water partition coefficient (Wildman–Crippen LogP) is 5.66. The lowest BCUT2D eigenvalue weighted by molar-refractivity contribution is -0.881. The first-order valence-corrected chi connectivity index (χ1v) is 15.0. The SMILES string of the molecule is Cc1c(-c2ccnn2-c2ccc(C#N)cc2)n(C(=O)NC2CCC3(CC2)CC[N+](C)(C)C3)c(=O)n1-c1cccc(C(F)(F)F)c1. The van der Waals surface area contributed by atoms with Crippen LogP contribution >= 0.6 is 0 Å². The molecule has 1 amide bonds. The summed E-state index contributed by atoms with van der Waals surface area (Å²) in [7, 11) is 4.49. The Morgan fingerprint density at radius 1 is 1.07 bits per heavy atom. The van der Waals surface area contributed by atoms with Crippen molar-refractivity contribution in [3.8, 4) is 28.8 Å². The maximum Gasteiger partial charge on any atom is 0.416 e. The molecule has 0 atom stereocenters. The van der Waals surface area contributed by atoms with Crippen molar-refractivity contribution in [1.29, 1.82) is 5.26 Å². The van der Waals surface area contributed by atoms with E-state index in [1.54, 1.807) is 37.3 Å². The third-order valence-electron chi connectivity index (χ3n) is 9.43. The number of likely N-dealkylation sites (tertiary alicyclic amines) is 1. The number of hydrogen-bond acceptors (Lipinski definition) is 4. The molecule has 2 fully saturated rings. The molecule has 234 valence electrons. The molecule has 1 spiro atoms. The molecule has 2 aliphatic rings. The Hall–Kier alpha value is -4.63. The van der Waals surface area contributed by atoms with Crippen molar-refractivity contribution in [2.24, 2.45) is 5.41 Å². The Bertz CT molecular complexity index is 1850. The molecule has 12 heteroatoms. The van der Waals surface area contributed by atoms with Gasteiger partial charge >= 0.3 is 17.9 Å². The number of rotatable bonds is 4. The third kappa shape index (κ3) is 5.68. The molecule has 0 unspecified atom stereocenters. The van der Waals surface area contributed by atoms with Crippen LogP contribution in [0.4, 0.5) is 18.0 Å². The fraction of sp³-hybridized carbons (Fsp3) is 0.394. The molecule has 1 aliphatic heterocycles. The van der Waals surface area contributed by atoms with E-state index in [0.717, 1.165) is 70.9 Å². The maximum absolute atomic E-state index is 14.1. The van der Waals surface area contributed by atoms with Crippen LogP contribution in [0.15, 0.2) is 65.6 Å². The van der Waals surface area contributed by atoms with Crippen molar-refractivity contribution >= 4 is 6.03 Å². The van der Waals surface area contributed by atoms with E-state index >= 15 is 0 Å². The second-order valence-electron chi connectivity index (χ2n) is 13.0. The van der Waals surface area contributed by atoms with Crippen LogP contribution in [0.25, 0.3) is 22.8 Å². The van der Waals surface area contributed by atoms with Gasteiger partial charge in [0.05, 0.1) is 73.3 Å². The van der Waals surface area contributed by atoms with Gasteiger partial charge < -0.3 is 9.80 Å². The Balaban J connectivity index is 1.41. The Labute approximate surface area is 258 Å². The second kappa shape index (κ2) is 11.1. The highest BCUT2D eigenvalue weighted by Gasteiger charge is 2.46. The van der Waals surface area contributed by atoms with Crippen LogP contribution in [0.3, 0.4) is 0 Å². The molecule has 1 saturated carbocycles. The summed E-state index contributed by atoms with van der Waals surface area (Å²) in [6, 6.07) is 14.1. The van der Waals surface area contributed by atoms with Gasteiger partial charge in [-0.3, -0.25) is 4.57 Å².